The molecule has 0 saturated carbocycles. The average Bonchev–Trinajstić information content (AvgIpc) is 3.16. The van der Waals surface area contributed by atoms with Crippen LogP contribution < -0.4 is 5.32 Å². The van der Waals surface area contributed by atoms with Crippen molar-refractivity contribution in [3.63, 3.8) is 0 Å². The lowest BCUT2D eigenvalue weighted by molar-refractivity contribution is 0.0556. The molecule has 168 valence electrons. The fourth-order valence-electron chi connectivity index (χ4n) is 4.58. The summed E-state index contributed by atoms with van der Waals surface area (Å²) in [5.74, 6) is -0.376. The molecule has 1 saturated heterocycles. The molecule has 0 radical (unpaired) electrons. The van der Waals surface area contributed by atoms with Crippen molar-refractivity contribution in [3.05, 3.63) is 64.7 Å². The van der Waals surface area contributed by atoms with Gasteiger partial charge in [-0.2, -0.15) is 0 Å². The predicted molar refractivity (Wildman–Crippen MR) is 122 cm³/mol. The number of carbonyl (C=O) groups excluding carboxylic acids is 3. The van der Waals surface area contributed by atoms with Crippen molar-refractivity contribution in [2.24, 2.45) is 0 Å². The number of fused-ring (bicyclic) bond motifs is 1. The zero-order valence-corrected chi connectivity index (χ0v) is 18.6. The van der Waals surface area contributed by atoms with Crippen LogP contribution in [0.1, 0.15) is 58.5 Å². The van der Waals surface area contributed by atoms with E-state index in [0.717, 1.165) is 23.2 Å². The summed E-state index contributed by atoms with van der Waals surface area (Å²) in [5.41, 5.74) is 3.59. The Hall–Kier alpha value is -3.35. The predicted octanol–water partition coefficient (Wildman–Crippen LogP) is 4.08. The van der Waals surface area contributed by atoms with Crippen LogP contribution in [0.15, 0.2) is 42.5 Å². The Balaban J connectivity index is 1.49. The minimum Gasteiger partial charge on any atom is -0.450 e. The number of para-hydroxylation sites is 1. The van der Waals surface area contributed by atoms with Gasteiger partial charge < -0.3 is 19.9 Å². The van der Waals surface area contributed by atoms with Gasteiger partial charge in [-0.05, 0) is 49.4 Å². The van der Waals surface area contributed by atoms with Gasteiger partial charge in [0, 0.05) is 31.4 Å². The number of aryl methyl sites for hydroxylation is 1. The number of hydrogen-bond donors (Lipinski definition) is 1. The van der Waals surface area contributed by atoms with Crippen molar-refractivity contribution in [2.75, 3.05) is 25.0 Å². The molecule has 7 heteroatoms. The van der Waals surface area contributed by atoms with E-state index in [1.807, 2.05) is 48.2 Å². The molecule has 2 aromatic rings. The van der Waals surface area contributed by atoms with Crippen LogP contribution in [0.5, 0.6) is 0 Å². The molecule has 0 atom stereocenters. The molecule has 0 bridgehead atoms. The van der Waals surface area contributed by atoms with E-state index in [9.17, 15) is 14.4 Å². The number of amides is 3. The van der Waals surface area contributed by atoms with E-state index in [2.05, 4.69) is 5.32 Å². The maximum absolute atomic E-state index is 13.4. The Morgan fingerprint density at radius 3 is 2.53 bits per heavy atom. The maximum atomic E-state index is 13.4. The third-order valence-electron chi connectivity index (χ3n) is 6.29. The van der Waals surface area contributed by atoms with Crippen molar-refractivity contribution in [2.45, 2.75) is 45.7 Å². The molecule has 0 unspecified atom stereocenters. The fraction of sp³-hybridized carbons (Fsp3) is 0.400. The van der Waals surface area contributed by atoms with Gasteiger partial charge in [0.25, 0.3) is 11.8 Å². The van der Waals surface area contributed by atoms with Crippen LogP contribution in [0.2, 0.25) is 0 Å². The monoisotopic (exact) mass is 435 g/mol. The molecule has 0 spiro atoms. The summed E-state index contributed by atoms with van der Waals surface area (Å²) in [4.78, 5) is 42.0. The molecule has 2 aromatic carbocycles. The molecule has 1 N–H and O–H groups in total. The molecule has 2 aliphatic rings. The first-order valence-electron chi connectivity index (χ1n) is 11.3. The second-order valence-corrected chi connectivity index (χ2v) is 8.15. The Labute approximate surface area is 188 Å². The van der Waals surface area contributed by atoms with Gasteiger partial charge in [-0.3, -0.25) is 9.59 Å². The Bertz CT molecular complexity index is 1030. The van der Waals surface area contributed by atoms with E-state index in [4.69, 9.17) is 4.74 Å². The molecule has 1 fully saturated rings. The van der Waals surface area contributed by atoms with Crippen molar-refractivity contribution in [3.8, 4) is 0 Å². The van der Waals surface area contributed by atoms with E-state index in [1.54, 1.807) is 17.9 Å². The quantitative estimate of drug-likeness (QED) is 0.768. The normalized spacial score (nSPS) is 16.1. The number of carbonyl (C=O) groups is 3. The molecular weight excluding hydrogens is 406 g/mol. The number of rotatable bonds is 5. The van der Waals surface area contributed by atoms with Gasteiger partial charge in [0.15, 0.2) is 0 Å². The minimum absolute atomic E-state index is 0.0392. The molecule has 2 aliphatic heterocycles. The number of anilines is 1. The topological polar surface area (TPSA) is 79.0 Å². The zero-order chi connectivity index (χ0) is 22.7. The van der Waals surface area contributed by atoms with Gasteiger partial charge in [-0.25, -0.2) is 4.79 Å². The molecule has 0 aromatic heterocycles. The molecular formula is C25H29N3O4. The summed E-state index contributed by atoms with van der Waals surface area (Å²) in [5, 5.41) is 2.98. The Morgan fingerprint density at radius 1 is 1.06 bits per heavy atom. The van der Waals surface area contributed by atoms with Crippen LogP contribution in [-0.4, -0.2) is 53.4 Å². The first-order chi connectivity index (χ1) is 15.5. The lowest BCUT2D eigenvalue weighted by atomic mass is 10.0. The van der Waals surface area contributed by atoms with Gasteiger partial charge in [0.05, 0.1) is 17.7 Å². The molecule has 0 aliphatic carbocycles. The number of likely N-dealkylation sites (tertiary alicyclic amines) is 1. The smallest absolute Gasteiger partial charge is 0.409 e. The molecule has 32 heavy (non-hydrogen) atoms. The molecule has 2 heterocycles. The summed E-state index contributed by atoms with van der Waals surface area (Å²) >= 11 is 0. The Morgan fingerprint density at radius 2 is 1.81 bits per heavy atom. The van der Waals surface area contributed by atoms with Crippen LogP contribution >= 0.6 is 0 Å². The first kappa shape index (κ1) is 21.9. The summed E-state index contributed by atoms with van der Waals surface area (Å²) in [6.07, 6.45) is 1.90. The summed E-state index contributed by atoms with van der Waals surface area (Å²) in [6.45, 7) is 5.80. The number of ether oxygens (including phenoxy) is 1. The highest BCUT2D eigenvalue weighted by Crippen LogP contribution is 2.31. The van der Waals surface area contributed by atoms with Crippen LogP contribution in [0.3, 0.4) is 0 Å². The number of hydrogen-bond acceptors (Lipinski definition) is 4. The van der Waals surface area contributed by atoms with Crippen molar-refractivity contribution in [1.29, 1.82) is 0 Å². The lowest BCUT2D eigenvalue weighted by Crippen LogP contribution is -2.47. The van der Waals surface area contributed by atoms with Crippen LogP contribution in [0.25, 0.3) is 0 Å². The largest absolute Gasteiger partial charge is 0.450 e. The van der Waals surface area contributed by atoms with Gasteiger partial charge >= 0.3 is 6.09 Å². The van der Waals surface area contributed by atoms with Crippen molar-refractivity contribution >= 4 is 23.6 Å². The number of nitrogens with one attached hydrogen (secondary N) is 1. The number of benzene rings is 2. The van der Waals surface area contributed by atoms with Crippen LogP contribution in [0.4, 0.5) is 10.5 Å². The van der Waals surface area contributed by atoms with Gasteiger partial charge in [-0.15, -0.1) is 0 Å². The number of nitrogens with zero attached hydrogens (tertiary/aromatic N) is 2. The van der Waals surface area contributed by atoms with Crippen molar-refractivity contribution < 1.29 is 19.1 Å². The molecule has 7 nitrogen and oxygen atoms in total. The third-order valence-corrected chi connectivity index (χ3v) is 6.29. The van der Waals surface area contributed by atoms with Gasteiger partial charge in [0.2, 0.25) is 0 Å². The van der Waals surface area contributed by atoms with Crippen molar-refractivity contribution in [1.82, 2.24) is 9.80 Å². The summed E-state index contributed by atoms with van der Waals surface area (Å²) < 4.78 is 5.08. The van der Waals surface area contributed by atoms with Crippen LogP contribution in [-0.2, 0) is 17.7 Å². The highest BCUT2D eigenvalue weighted by atomic mass is 16.6. The number of piperidine rings is 1. The summed E-state index contributed by atoms with van der Waals surface area (Å²) in [7, 11) is 0. The Kier molecular flexibility index (Phi) is 6.44. The third kappa shape index (κ3) is 4.20. The maximum Gasteiger partial charge on any atom is 0.409 e. The SMILES string of the molecule is CCOC(=O)N1CCC(N2Cc3cccc(C(=O)Nc4ccccc4CC)c3C2=O)CC1. The van der Waals surface area contributed by atoms with Gasteiger partial charge in [-0.1, -0.05) is 37.3 Å². The summed E-state index contributed by atoms with van der Waals surface area (Å²) in [6, 6.07) is 13.2. The highest BCUT2D eigenvalue weighted by Gasteiger charge is 2.37. The average molecular weight is 436 g/mol. The highest BCUT2D eigenvalue weighted by molar-refractivity contribution is 6.14. The van der Waals surface area contributed by atoms with Gasteiger partial charge in [0.1, 0.15) is 0 Å². The molecule has 3 amide bonds. The second kappa shape index (κ2) is 9.42. The zero-order valence-electron chi connectivity index (χ0n) is 18.6. The fourth-order valence-corrected chi connectivity index (χ4v) is 4.58. The minimum atomic E-state index is -0.298. The lowest BCUT2D eigenvalue weighted by Gasteiger charge is -2.36. The van der Waals surface area contributed by atoms with E-state index >= 15 is 0 Å². The first-order valence-corrected chi connectivity index (χ1v) is 11.3. The van der Waals surface area contributed by atoms with E-state index in [0.29, 0.717) is 50.2 Å². The molecule has 4 rings (SSSR count). The van der Waals surface area contributed by atoms with Crippen LogP contribution in [0, 0.1) is 0 Å². The standard InChI is InChI=1S/C25H29N3O4/c1-3-17-8-5-6-11-21(17)26-23(29)20-10-7-9-18-16-28(24(30)22(18)20)19-12-14-27(15-13-19)25(31)32-4-2/h5-11,19H,3-4,12-16H2,1-2H3,(H,26,29). The van der Waals surface area contributed by atoms with E-state index < -0.39 is 0 Å². The second-order valence-electron chi connectivity index (χ2n) is 8.15. The van der Waals surface area contributed by atoms with E-state index in [1.165, 1.54) is 0 Å². The van der Waals surface area contributed by atoms with E-state index in [-0.39, 0.29) is 23.9 Å².